The average molecular weight is 399 g/mol. The van der Waals surface area contributed by atoms with Gasteiger partial charge >= 0.3 is 0 Å². The summed E-state index contributed by atoms with van der Waals surface area (Å²) < 4.78 is 1.86. The van der Waals surface area contributed by atoms with E-state index in [9.17, 15) is 0 Å². The van der Waals surface area contributed by atoms with Crippen molar-refractivity contribution in [1.82, 2.24) is 10.4 Å². The van der Waals surface area contributed by atoms with Gasteiger partial charge in [0, 0.05) is 15.1 Å². The highest BCUT2D eigenvalue weighted by Crippen LogP contribution is 2.28. The lowest BCUT2D eigenvalue weighted by Crippen LogP contribution is -2.29. The minimum Gasteiger partial charge on any atom is -0.271 e. The van der Waals surface area contributed by atoms with Crippen LogP contribution in [0.3, 0.4) is 0 Å². The maximum atomic E-state index is 5.72. The first-order valence-corrected chi connectivity index (χ1v) is 8.10. The van der Waals surface area contributed by atoms with E-state index in [4.69, 9.17) is 5.84 Å². The Balaban J connectivity index is 2.31. The van der Waals surface area contributed by atoms with Crippen LogP contribution >= 0.6 is 31.9 Å². The summed E-state index contributed by atoms with van der Waals surface area (Å²) in [5.74, 6) is 5.72. The van der Waals surface area contributed by atoms with Gasteiger partial charge in [0.1, 0.15) is 0 Å². The molecule has 0 aliphatic heterocycles. The molecular formula is C15H17Br2N3. The van der Waals surface area contributed by atoms with Gasteiger partial charge in [0.05, 0.1) is 11.7 Å². The van der Waals surface area contributed by atoms with Crippen LogP contribution in [0.5, 0.6) is 0 Å². The fourth-order valence-electron chi connectivity index (χ4n) is 2.14. The number of rotatable bonds is 5. The van der Waals surface area contributed by atoms with E-state index < -0.39 is 0 Å². The molecule has 0 amide bonds. The lowest BCUT2D eigenvalue weighted by Gasteiger charge is -2.17. The number of hydrogen-bond acceptors (Lipinski definition) is 3. The first-order valence-electron chi connectivity index (χ1n) is 6.51. The zero-order chi connectivity index (χ0) is 14.5. The summed E-state index contributed by atoms with van der Waals surface area (Å²) in [6.07, 6.45) is 4.02. The third-order valence-corrected chi connectivity index (χ3v) is 4.20. The van der Waals surface area contributed by atoms with Crippen molar-refractivity contribution in [3.8, 4) is 0 Å². The fourth-order valence-corrected chi connectivity index (χ4v) is 3.35. The number of hydrogen-bond donors (Lipinski definition) is 2. The minimum atomic E-state index is -0.131. The highest BCUT2D eigenvalue weighted by molar-refractivity contribution is 9.11. The van der Waals surface area contributed by atoms with E-state index in [1.807, 2.05) is 6.07 Å². The molecule has 3 N–H and O–H groups in total. The molecule has 3 nitrogen and oxygen atoms in total. The second-order valence-corrected chi connectivity index (χ2v) is 6.38. The van der Waals surface area contributed by atoms with Crippen LogP contribution in [0.4, 0.5) is 0 Å². The molecule has 1 aromatic carbocycles. The summed E-state index contributed by atoms with van der Waals surface area (Å²) in [4.78, 5) is 4.45. The van der Waals surface area contributed by atoms with Gasteiger partial charge in [-0.15, -0.1) is 0 Å². The highest BCUT2D eigenvalue weighted by Gasteiger charge is 2.17. The number of nitrogens with zero attached hydrogens (tertiary/aromatic N) is 1. The Morgan fingerprint density at radius 2 is 1.95 bits per heavy atom. The fraction of sp³-hybridized carbons (Fsp3) is 0.267. The molecule has 0 bridgehead atoms. The van der Waals surface area contributed by atoms with Gasteiger partial charge in [-0.2, -0.15) is 0 Å². The number of benzene rings is 1. The third kappa shape index (κ3) is 3.67. The number of nitrogens with two attached hydrogens (primary N) is 1. The quantitative estimate of drug-likeness (QED) is 0.588. The van der Waals surface area contributed by atoms with Gasteiger partial charge in [-0.3, -0.25) is 10.8 Å². The Morgan fingerprint density at radius 3 is 2.50 bits per heavy atom. The molecule has 0 spiro atoms. The molecule has 2 aromatic rings. The Hall–Kier alpha value is -0.750. The number of aromatic nitrogens is 1. The van der Waals surface area contributed by atoms with E-state index >= 15 is 0 Å². The summed E-state index contributed by atoms with van der Waals surface area (Å²) >= 11 is 6.94. The van der Waals surface area contributed by atoms with Crippen molar-refractivity contribution in [3.63, 3.8) is 0 Å². The smallest absolute Gasteiger partial charge is 0.0892 e. The van der Waals surface area contributed by atoms with Gasteiger partial charge in [-0.25, -0.2) is 5.43 Å². The average Bonchev–Trinajstić information content (AvgIpc) is 2.44. The molecule has 0 saturated carbocycles. The Bertz CT molecular complexity index is 570. The summed E-state index contributed by atoms with van der Waals surface area (Å²) in [6, 6.07) is 10.3. The Morgan fingerprint density at radius 1 is 1.25 bits per heavy atom. The van der Waals surface area contributed by atoms with Crippen molar-refractivity contribution >= 4 is 31.9 Å². The minimum absolute atomic E-state index is 0.131. The van der Waals surface area contributed by atoms with E-state index in [0.717, 1.165) is 33.0 Å². The first kappa shape index (κ1) is 15.6. The van der Waals surface area contributed by atoms with Gasteiger partial charge in [0.15, 0.2) is 0 Å². The summed E-state index contributed by atoms with van der Waals surface area (Å²) in [7, 11) is 0. The number of pyridine rings is 1. The van der Waals surface area contributed by atoms with Crippen LogP contribution in [-0.4, -0.2) is 4.98 Å². The van der Waals surface area contributed by atoms with Crippen LogP contribution in [0.2, 0.25) is 0 Å². The molecule has 20 heavy (non-hydrogen) atoms. The predicted octanol–water partition coefficient (Wildman–Crippen LogP) is 4.11. The maximum absolute atomic E-state index is 5.72. The van der Waals surface area contributed by atoms with Crippen LogP contribution in [0, 0.1) is 0 Å². The van der Waals surface area contributed by atoms with E-state index in [2.05, 4.69) is 73.5 Å². The largest absolute Gasteiger partial charge is 0.271 e. The van der Waals surface area contributed by atoms with E-state index in [1.54, 1.807) is 6.20 Å². The third-order valence-electron chi connectivity index (χ3n) is 3.13. The van der Waals surface area contributed by atoms with Gasteiger partial charge in [-0.1, -0.05) is 37.6 Å². The summed E-state index contributed by atoms with van der Waals surface area (Å²) in [5.41, 5.74) is 6.15. The normalized spacial score (nSPS) is 12.4. The molecular weight excluding hydrogens is 382 g/mol. The molecule has 0 saturated heterocycles. The monoisotopic (exact) mass is 397 g/mol. The summed E-state index contributed by atoms with van der Waals surface area (Å²) in [5, 5.41) is 0. The van der Waals surface area contributed by atoms with Gasteiger partial charge in [0.2, 0.25) is 0 Å². The molecule has 1 unspecified atom stereocenters. The first-order chi connectivity index (χ1) is 9.65. The van der Waals surface area contributed by atoms with Gasteiger partial charge < -0.3 is 0 Å². The van der Waals surface area contributed by atoms with Crippen molar-refractivity contribution in [1.29, 1.82) is 0 Å². The lowest BCUT2D eigenvalue weighted by molar-refractivity contribution is 0.617. The van der Waals surface area contributed by atoms with Crippen LogP contribution in [0.15, 0.2) is 45.5 Å². The molecule has 1 atom stereocenters. The zero-order valence-electron chi connectivity index (χ0n) is 11.2. The zero-order valence-corrected chi connectivity index (χ0v) is 14.4. The van der Waals surface area contributed by atoms with Crippen molar-refractivity contribution < 1.29 is 0 Å². The topological polar surface area (TPSA) is 50.9 Å². The van der Waals surface area contributed by atoms with Crippen LogP contribution in [-0.2, 0) is 6.42 Å². The van der Waals surface area contributed by atoms with Crippen molar-refractivity contribution in [3.05, 3.63) is 62.3 Å². The van der Waals surface area contributed by atoms with Crippen LogP contribution in [0.25, 0.3) is 0 Å². The van der Waals surface area contributed by atoms with E-state index in [-0.39, 0.29) is 6.04 Å². The number of nitrogens with one attached hydrogen (secondary N) is 1. The molecule has 1 heterocycles. The van der Waals surface area contributed by atoms with Crippen LogP contribution in [0.1, 0.15) is 36.2 Å². The molecule has 0 aliphatic rings. The SMILES string of the molecule is CCCc1ccc(C(NN)c2ncc(Br)cc2Br)cc1. The number of halogens is 2. The molecule has 0 aliphatic carbocycles. The number of aryl methyl sites for hydroxylation is 1. The molecule has 0 radical (unpaired) electrons. The summed E-state index contributed by atoms with van der Waals surface area (Å²) in [6.45, 7) is 2.18. The van der Waals surface area contributed by atoms with E-state index in [0.29, 0.717) is 0 Å². The molecule has 0 fully saturated rings. The molecule has 5 heteroatoms. The Kier molecular flexibility index (Phi) is 5.72. The van der Waals surface area contributed by atoms with Crippen LogP contribution < -0.4 is 11.3 Å². The maximum Gasteiger partial charge on any atom is 0.0892 e. The Labute approximate surface area is 136 Å². The molecule has 2 rings (SSSR count). The van der Waals surface area contributed by atoms with Crippen molar-refractivity contribution in [2.45, 2.75) is 25.8 Å². The molecule has 106 valence electrons. The van der Waals surface area contributed by atoms with Gasteiger partial charge in [-0.05, 0) is 55.5 Å². The second-order valence-electron chi connectivity index (χ2n) is 4.61. The second kappa shape index (κ2) is 7.31. The van der Waals surface area contributed by atoms with Crippen molar-refractivity contribution in [2.24, 2.45) is 5.84 Å². The van der Waals surface area contributed by atoms with E-state index in [1.165, 1.54) is 5.56 Å². The predicted molar refractivity (Wildman–Crippen MR) is 89.2 cm³/mol. The highest BCUT2D eigenvalue weighted by atomic mass is 79.9. The van der Waals surface area contributed by atoms with Gasteiger partial charge in [0.25, 0.3) is 0 Å². The number of hydrazine groups is 1. The van der Waals surface area contributed by atoms with Crippen molar-refractivity contribution in [2.75, 3.05) is 0 Å². The lowest BCUT2D eigenvalue weighted by atomic mass is 10.0. The molecule has 1 aromatic heterocycles. The standard InChI is InChI=1S/C15H17Br2N3/c1-2-3-10-4-6-11(7-5-10)14(20-18)15-13(17)8-12(16)9-19-15/h4-9,14,20H,2-3,18H2,1H3.